The minimum absolute atomic E-state index is 0.475. The molecule has 2 nitrogen and oxygen atoms in total. The van der Waals surface area contributed by atoms with Gasteiger partial charge in [-0.25, -0.2) is 0 Å². The van der Waals surface area contributed by atoms with E-state index in [9.17, 15) is 0 Å². The molecule has 240 valence electrons. The molecule has 0 aliphatic heterocycles. The van der Waals surface area contributed by atoms with Crippen molar-refractivity contribution >= 4 is 49.6 Å². The second-order valence-corrected chi connectivity index (χ2v) is 14.9. The SMILES string of the molecule is c1ccc(-c2ccc(-n3c4ccccc4c4c5c(N(c6ccccc6)c6ccc(C78C9CCC7CC8C9)cc6)cccc5ccc43)cc2)cc1. The van der Waals surface area contributed by atoms with Crippen molar-refractivity contribution in [3.05, 3.63) is 169 Å². The normalized spacial score (nSPS) is 22.0. The zero-order chi connectivity index (χ0) is 32.8. The Morgan fingerprint density at radius 1 is 0.480 bits per heavy atom. The van der Waals surface area contributed by atoms with Gasteiger partial charge in [-0.05, 0) is 120 Å². The number of rotatable bonds is 6. The third-order valence-corrected chi connectivity index (χ3v) is 12.8. The molecule has 8 aromatic rings. The molecular weight excluding hydrogens is 605 g/mol. The van der Waals surface area contributed by atoms with Crippen molar-refractivity contribution in [1.82, 2.24) is 4.57 Å². The highest BCUT2D eigenvalue weighted by Crippen LogP contribution is 2.74. The van der Waals surface area contributed by atoms with Gasteiger partial charge in [0.1, 0.15) is 0 Å². The van der Waals surface area contributed by atoms with E-state index in [4.69, 9.17) is 0 Å². The molecule has 0 saturated heterocycles. The molecule has 7 aromatic carbocycles. The minimum Gasteiger partial charge on any atom is -0.310 e. The second-order valence-electron chi connectivity index (χ2n) is 14.9. The molecule has 2 atom stereocenters. The number of para-hydroxylation sites is 2. The van der Waals surface area contributed by atoms with E-state index in [0.717, 1.165) is 17.8 Å². The summed E-state index contributed by atoms with van der Waals surface area (Å²) in [5.41, 5.74) is 11.7. The van der Waals surface area contributed by atoms with Gasteiger partial charge in [0, 0.05) is 38.6 Å². The lowest BCUT2D eigenvalue weighted by Crippen LogP contribution is -2.61. The number of fused-ring (bicyclic) bond motifs is 5. The van der Waals surface area contributed by atoms with Gasteiger partial charge in [-0.1, -0.05) is 109 Å². The maximum atomic E-state index is 2.48. The van der Waals surface area contributed by atoms with Crippen LogP contribution in [0.1, 0.15) is 31.2 Å². The first-order valence-corrected chi connectivity index (χ1v) is 18.4. The third kappa shape index (κ3) is 3.85. The average Bonchev–Trinajstić information content (AvgIpc) is 3.46. The van der Waals surface area contributed by atoms with Crippen molar-refractivity contribution in [2.24, 2.45) is 17.8 Å². The summed E-state index contributed by atoms with van der Waals surface area (Å²) in [6, 6.07) is 60.7. The Labute approximate surface area is 293 Å². The van der Waals surface area contributed by atoms with Gasteiger partial charge in [0.25, 0.3) is 0 Å². The van der Waals surface area contributed by atoms with E-state index in [1.54, 1.807) is 5.56 Å². The predicted octanol–water partition coefficient (Wildman–Crippen LogP) is 12.8. The van der Waals surface area contributed by atoms with Crippen molar-refractivity contribution in [3.8, 4) is 16.8 Å². The Hall–Kier alpha value is -5.60. The summed E-state index contributed by atoms with van der Waals surface area (Å²) in [5.74, 6) is 2.72. The molecule has 3 aliphatic carbocycles. The molecule has 0 N–H and O–H groups in total. The summed E-state index contributed by atoms with van der Waals surface area (Å²) in [7, 11) is 0. The molecule has 0 bridgehead atoms. The molecule has 0 spiro atoms. The van der Waals surface area contributed by atoms with E-state index in [2.05, 4.69) is 173 Å². The lowest BCUT2D eigenvalue weighted by Gasteiger charge is -2.65. The van der Waals surface area contributed by atoms with Crippen molar-refractivity contribution in [2.75, 3.05) is 4.90 Å². The first-order valence-electron chi connectivity index (χ1n) is 18.4. The zero-order valence-corrected chi connectivity index (χ0v) is 28.0. The van der Waals surface area contributed by atoms with Crippen LogP contribution in [0.4, 0.5) is 17.1 Å². The highest BCUT2D eigenvalue weighted by molar-refractivity contribution is 6.25. The van der Waals surface area contributed by atoms with Gasteiger partial charge in [0.05, 0.1) is 16.7 Å². The van der Waals surface area contributed by atoms with Crippen LogP contribution in [0.15, 0.2) is 164 Å². The summed E-state index contributed by atoms with van der Waals surface area (Å²) >= 11 is 0. The molecule has 2 heteroatoms. The fourth-order valence-corrected chi connectivity index (χ4v) is 10.7. The van der Waals surface area contributed by atoms with Gasteiger partial charge in [-0.2, -0.15) is 0 Å². The van der Waals surface area contributed by atoms with E-state index in [-0.39, 0.29) is 0 Å². The highest BCUT2D eigenvalue weighted by Gasteiger charge is 2.69. The Kier molecular flexibility index (Phi) is 6.05. The Morgan fingerprint density at radius 3 is 1.88 bits per heavy atom. The minimum atomic E-state index is 0.475. The van der Waals surface area contributed by atoms with Crippen LogP contribution < -0.4 is 4.90 Å². The lowest BCUT2D eigenvalue weighted by atomic mass is 9.39. The summed E-state index contributed by atoms with van der Waals surface area (Å²) in [6.07, 6.45) is 5.75. The van der Waals surface area contributed by atoms with Gasteiger partial charge in [-0.3, -0.25) is 0 Å². The first kappa shape index (κ1) is 28.3. The smallest absolute Gasteiger partial charge is 0.0548 e. The number of hydrogen-bond donors (Lipinski definition) is 0. The predicted molar refractivity (Wildman–Crippen MR) is 209 cm³/mol. The average molecular weight is 643 g/mol. The van der Waals surface area contributed by atoms with Crippen LogP contribution in [0, 0.1) is 17.8 Å². The molecule has 3 fully saturated rings. The van der Waals surface area contributed by atoms with Gasteiger partial charge in [0.15, 0.2) is 0 Å². The van der Waals surface area contributed by atoms with Gasteiger partial charge < -0.3 is 9.47 Å². The zero-order valence-electron chi connectivity index (χ0n) is 28.0. The number of nitrogens with zero attached hydrogens (tertiary/aromatic N) is 2. The van der Waals surface area contributed by atoms with Crippen molar-refractivity contribution in [1.29, 1.82) is 0 Å². The standard InChI is InChI=1S/C48H38N2/c1-3-10-32(11-4-1)33-18-25-41(26-19-33)50-43-16-8-7-15-42(43)47-45(50)29-20-34-12-9-17-44(46(34)47)49(39-13-5-2-6-14-39)40-27-23-35(24-28-40)48-36-21-22-37(48)31-38(48)30-36/h1-20,23-29,36-38H,21-22,30-31H2. The quantitative estimate of drug-likeness (QED) is 0.175. The van der Waals surface area contributed by atoms with Crippen LogP contribution in [0.2, 0.25) is 0 Å². The number of hydrogen-bond acceptors (Lipinski definition) is 1. The van der Waals surface area contributed by atoms with Crippen LogP contribution in [-0.2, 0) is 5.41 Å². The maximum absolute atomic E-state index is 2.48. The topological polar surface area (TPSA) is 8.17 Å². The number of anilines is 3. The molecule has 2 unspecified atom stereocenters. The number of aromatic nitrogens is 1. The Morgan fingerprint density at radius 2 is 1.14 bits per heavy atom. The molecule has 11 rings (SSSR count). The lowest BCUT2D eigenvalue weighted by molar-refractivity contribution is -0.0835. The van der Waals surface area contributed by atoms with Crippen LogP contribution in [0.5, 0.6) is 0 Å². The molecule has 0 amide bonds. The molecule has 1 heterocycles. The van der Waals surface area contributed by atoms with E-state index < -0.39 is 0 Å². The van der Waals surface area contributed by atoms with Crippen molar-refractivity contribution in [3.63, 3.8) is 0 Å². The third-order valence-electron chi connectivity index (χ3n) is 12.8. The second kappa shape index (κ2) is 10.7. The maximum Gasteiger partial charge on any atom is 0.0548 e. The van der Waals surface area contributed by atoms with Crippen LogP contribution >= 0.6 is 0 Å². The highest BCUT2D eigenvalue weighted by atomic mass is 15.1. The Bertz CT molecular complexity index is 2530. The molecule has 0 radical (unpaired) electrons. The fraction of sp³-hybridized carbons (Fsp3) is 0.167. The molecule has 1 aromatic heterocycles. The molecule has 3 aliphatic rings. The van der Waals surface area contributed by atoms with Crippen molar-refractivity contribution in [2.45, 2.75) is 31.1 Å². The largest absolute Gasteiger partial charge is 0.310 e. The monoisotopic (exact) mass is 642 g/mol. The first-order chi connectivity index (χ1) is 24.8. The summed E-state index contributed by atoms with van der Waals surface area (Å²) in [4.78, 5) is 2.48. The summed E-state index contributed by atoms with van der Waals surface area (Å²) < 4.78 is 2.44. The summed E-state index contributed by atoms with van der Waals surface area (Å²) in [5, 5.41) is 5.09. The van der Waals surface area contributed by atoms with E-state index >= 15 is 0 Å². The molecule has 3 saturated carbocycles. The number of benzene rings is 7. The van der Waals surface area contributed by atoms with Crippen LogP contribution in [0.3, 0.4) is 0 Å². The van der Waals surface area contributed by atoms with E-state index in [0.29, 0.717) is 5.41 Å². The summed E-state index contributed by atoms with van der Waals surface area (Å²) in [6.45, 7) is 0. The van der Waals surface area contributed by atoms with E-state index in [1.165, 1.54) is 92.1 Å². The van der Waals surface area contributed by atoms with Crippen LogP contribution in [-0.4, -0.2) is 4.57 Å². The van der Waals surface area contributed by atoms with Gasteiger partial charge >= 0.3 is 0 Å². The van der Waals surface area contributed by atoms with E-state index in [1.807, 2.05) is 0 Å². The van der Waals surface area contributed by atoms with Crippen LogP contribution in [0.25, 0.3) is 49.4 Å². The Balaban J connectivity index is 1.11. The van der Waals surface area contributed by atoms with Gasteiger partial charge in [-0.15, -0.1) is 0 Å². The molecule has 50 heavy (non-hydrogen) atoms. The van der Waals surface area contributed by atoms with Gasteiger partial charge in [0.2, 0.25) is 0 Å². The fourth-order valence-electron chi connectivity index (χ4n) is 10.7. The van der Waals surface area contributed by atoms with Crippen molar-refractivity contribution < 1.29 is 0 Å². The molecular formula is C48H38N2.